The fourth-order valence-electron chi connectivity index (χ4n) is 2.03. The van der Waals surface area contributed by atoms with Crippen LogP contribution in [0.15, 0.2) is 12.3 Å². The van der Waals surface area contributed by atoms with Crippen LogP contribution >= 0.6 is 24.8 Å². The van der Waals surface area contributed by atoms with Crippen molar-refractivity contribution >= 4 is 30.7 Å². The van der Waals surface area contributed by atoms with E-state index in [2.05, 4.69) is 10.2 Å². The van der Waals surface area contributed by atoms with Crippen molar-refractivity contribution < 1.29 is 4.79 Å². The Morgan fingerprint density at radius 2 is 2.00 bits per heavy atom. The van der Waals surface area contributed by atoms with Gasteiger partial charge >= 0.3 is 0 Å². The Hall–Kier alpha value is -0.780. The molecule has 0 bridgehead atoms. The lowest BCUT2D eigenvalue weighted by molar-refractivity contribution is -0.141. The smallest absolute Gasteiger partial charge is 0.230 e. The molecular formula is C12H24Cl2N4O. The van der Waals surface area contributed by atoms with Crippen molar-refractivity contribution in [2.45, 2.75) is 33.2 Å². The summed E-state index contributed by atoms with van der Waals surface area (Å²) in [6, 6.07) is 1.87. The van der Waals surface area contributed by atoms with Crippen molar-refractivity contribution in [3.05, 3.63) is 18.0 Å². The lowest BCUT2D eigenvalue weighted by Gasteiger charge is -2.33. The summed E-state index contributed by atoms with van der Waals surface area (Å²) in [4.78, 5) is 14.1. The standard InChI is InChI=1S/C12H22N4O.2ClH/c1-4-12(5-2,9-13)11(17)16(3)8-10-6-7-14-15-10;;/h6-7H,4-5,8-9,13H2,1-3H3,(H,14,15);2*1H. The molecule has 1 heterocycles. The number of amides is 1. The fraction of sp³-hybridized carbons (Fsp3) is 0.667. The number of hydrogen-bond acceptors (Lipinski definition) is 3. The normalized spacial score (nSPS) is 10.3. The minimum Gasteiger partial charge on any atom is -0.339 e. The van der Waals surface area contributed by atoms with Crippen LogP contribution in [0.4, 0.5) is 0 Å². The number of halogens is 2. The summed E-state index contributed by atoms with van der Waals surface area (Å²) in [6.45, 7) is 4.96. The summed E-state index contributed by atoms with van der Waals surface area (Å²) in [7, 11) is 1.80. The minimum absolute atomic E-state index is 0. The van der Waals surface area contributed by atoms with Crippen LogP contribution in [0, 0.1) is 5.41 Å². The highest BCUT2D eigenvalue weighted by atomic mass is 35.5. The number of aromatic nitrogens is 2. The van der Waals surface area contributed by atoms with Crippen LogP contribution in [-0.2, 0) is 11.3 Å². The number of carbonyl (C=O) groups is 1. The average Bonchev–Trinajstić information content (AvgIpc) is 2.84. The summed E-state index contributed by atoms with van der Waals surface area (Å²) >= 11 is 0. The second-order valence-corrected chi connectivity index (χ2v) is 4.43. The molecule has 0 saturated heterocycles. The van der Waals surface area contributed by atoms with Gasteiger partial charge in [0.15, 0.2) is 0 Å². The molecular weight excluding hydrogens is 287 g/mol. The van der Waals surface area contributed by atoms with Crippen molar-refractivity contribution in [2.24, 2.45) is 11.1 Å². The molecule has 1 rings (SSSR count). The van der Waals surface area contributed by atoms with E-state index in [4.69, 9.17) is 5.73 Å². The van der Waals surface area contributed by atoms with E-state index in [0.29, 0.717) is 13.1 Å². The SMILES string of the molecule is CCC(CC)(CN)C(=O)N(C)Cc1ccn[nH]1.Cl.Cl. The van der Waals surface area contributed by atoms with Crippen molar-refractivity contribution in [3.8, 4) is 0 Å². The summed E-state index contributed by atoms with van der Waals surface area (Å²) in [5, 5.41) is 6.72. The van der Waals surface area contributed by atoms with E-state index in [1.54, 1.807) is 18.1 Å². The van der Waals surface area contributed by atoms with Crippen molar-refractivity contribution in [1.29, 1.82) is 0 Å². The van der Waals surface area contributed by atoms with Gasteiger partial charge in [0.25, 0.3) is 0 Å². The first-order valence-corrected chi connectivity index (χ1v) is 6.03. The first kappa shape index (κ1) is 20.5. The van der Waals surface area contributed by atoms with Crippen LogP contribution < -0.4 is 5.73 Å². The number of nitrogens with zero attached hydrogens (tertiary/aromatic N) is 2. The largest absolute Gasteiger partial charge is 0.339 e. The third-order valence-electron chi connectivity index (χ3n) is 3.51. The third kappa shape index (κ3) is 4.67. The molecule has 1 aromatic rings. The van der Waals surface area contributed by atoms with Gasteiger partial charge in [0.2, 0.25) is 5.91 Å². The van der Waals surface area contributed by atoms with Gasteiger partial charge in [-0.2, -0.15) is 5.10 Å². The van der Waals surface area contributed by atoms with Crippen molar-refractivity contribution in [2.75, 3.05) is 13.6 Å². The highest BCUT2D eigenvalue weighted by molar-refractivity contribution is 5.85. The van der Waals surface area contributed by atoms with E-state index in [1.807, 2.05) is 19.9 Å². The Bertz CT molecular complexity index is 344. The van der Waals surface area contributed by atoms with Gasteiger partial charge in [-0.3, -0.25) is 9.89 Å². The van der Waals surface area contributed by atoms with E-state index in [0.717, 1.165) is 18.5 Å². The van der Waals surface area contributed by atoms with Crippen LogP contribution in [-0.4, -0.2) is 34.6 Å². The maximum absolute atomic E-state index is 12.4. The maximum Gasteiger partial charge on any atom is 0.230 e. The van der Waals surface area contributed by atoms with Gasteiger partial charge < -0.3 is 10.6 Å². The lowest BCUT2D eigenvalue weighted by Crippen LogP contribution is -2.45. The molecule has 0 saturated carbocycles. The third-order valence-corrected chi connectivity index (χ3v) is 3.51. The average molecular weight is 311 g/mol. The molecule has 0 radical (unpaired) electrons. The highest BCUT2D eigenvalue weighted by Gasteiger charge is 2.35. The van der Waals surface area contributed by atoms with Crippen LogP contribution in [0.5, 0.6) is 0 Å². The minimum atomic E-state index is -0.422. The molecule has 0 aliphatic rings. The Kier molecular flexibility index (Phi) is 9.92. The molecule has 0 atom stereocenters. The molecule has 0 aliphatic carbocycles. The second kappa shape index (κ2) is 9.18. The van der Waals surface area contributed by atoms with Crippen molar-refractivity contribution in [3.63, 3.8) is 0 Å². The number of H-pyrrole nitrogens is 1. The van der Waals surface area contributed by atoms with Gasteiger partial charge in [0.1, 0.15) is 0 Å². The quantitative estimate of drug-likeness (QED) is 0.843. The lowest BCUT2D eigenvalue weighted by atomic mass is 9.81. The molecule has 112 valence electrons. The van der Waals surface area contributed by atoms with Gasteiger partial charge in [-0.15, -0.1) is 24.8 Å². The monoisotopic (exact) mass is 310 g/mol. The van der Waals surface area contributed by atoms with E-state index < -0.39 is 5.41 Å². The first-order valence-electron chi connectivity index (χ1n) is 6.03. The van der Waals surface area contributed by atoms with Gasteiger partial charge in [-0.25, -0.2) is 0 Å². The van der Waals surface area contributed by atoms with Crippen LogP contribution in [0.3, 0.4) is 0 Å². The Morgan fingerprint density at radius 3 is 2.37 bits per heavy atom. The molecule has 1 aromatic heterocycles. The van der Waals surface area contributed by atoms with E-state index in [1.165, 1.54) is 0 Å². The predicted molar refractivity (Wildman–Crippen MR) is 81.6 cm³/mol. The molecule has 19 heavy (non-hydrogen) atoms. The van der Waals surface area contributed by atoms with Crippen LogP contribution in [0.2, 0.25) is 0 Å². The first-order chi connectivity index (χ1) is 8.09. The number of carbonyl (C=O) groups excluding carboxylic acids is 1. The van der Waals surface area contributed by atoms with E-state index >= 15 is 0 Å². The Labute approximate surface area is 127 Å². The van der Waals surface area contributed by atoms with Crippen LogP contribution in [0.25, 0.3) is 0 Å². The van der Waals surface area contributed by atoms with Crippen molar-refractivity contribution in [1.82, 2.24) is 15.1 Å². The maximum atomic E-state index is 12.4. The molecule has 0 aromatic carbocycles. The summed E-state index contributed by atoms with van der Waals surface area (Å²) in [5.41, 5.74) is 6.28. The van der Waals surface area contributed by atoms with E-state index in [9.17, 15) is 4.79 Å². The summed E-state index contributed by atoms with van der Waals surface area (Å²) in [6.07, 6.45) is 3.22. The molecule has 7 heteroatoms. The second-order valence-electron chi connectivity index (χ2n) is 4.43. The summed E-state index contributed by atoms with van der Waals surface area (Å²) in [5.74, 6) is 0.111. The van der Waals surface area contributed by atoms with Gasteiger partial charge in [0, 0.05) is 19.8 Å². The van der Waals surface area contributed by atoms with Gasteiger partial charge in [-0.05, 0) is 18.9 Å². The molecule has 0 aliphatic heterocycles. The molecule has 1 amide bonds. The number of rotatable bonds is 6. The van der Waals surface area contributed by atoms with E-state index in [-0.39, 0.29) is 30.7 Å². The molecule has 3 N–H and O–H groups in total. The predicted octanol–water partition coefficient (Wildman–Crippen LogP) is 1.98. The molecule has 0 unspecified atom stereocenters. The molecule has 5 nitrogen and oxygen atoms in total. The topological polar surface area (TPSA) is 75.0 Å². The number of nitrogens with one attached hydrogen (secondary N) is 1. The van der Waals surface area contributed by atoms with Gasteiger partial charge in [-0.1, -0.05) is 13.8 Å². The number of aromatic amines is 1. The molecule has 0 spiro atoms. The molecule has 0 fully saturated rings. The Morgan fingerprint density at radius 1 is 1.42 bits per heavy atom. The zero-order chi connectivity index (χ0) is 12.9. The van der Waals surface area contributed by atoms with Gasteiger partial charge in [0.05, 0.1) is 17.7 Å². The Balaban J connectivity index is 0. The zero-order valence-corrected chi connectivity index (χ0v) is 13.3. The summed E-state index contributed by atoms with van der Waals surface area (Å²) < 4.78 is 0. The van der Waals surface area contributed by atoms with Crippen LogP contribution in [0.1, 0.15) is 32.4 Å². The number of nitrogens with two attached hydrogens (primary N) is 1. The highest BCUT2D eigenvalue weighted by Crippen LogP contribution is 2.27. The fourth-order valence-corrected chi connectivity index (χ4v) is 2.03. The number of hydrogen-bond donors (Lipinski definition) is 2. The zero-order valence-electron chi connectivity index (χ0n) is 11.7.